The number of ether oxygens (including phenoxy) is 3. The molecule has 0 saturated heterocycles. The smallest absolute Gasteiger partial charge is 0.163 e. The first-order valence-corrected chi connectivity index (χ1v) is 7.14. The van der Waals surface area contributed by atoms with Crippen LogP contribution in [0.2, 0.25) is 0 Å². The Morgan fingerprint density at radius 3 is 2.75 bits per heavy atom. The average Bonchev–Trinajstić information content (AvgIpc) is 3.10. The molecule has 1 N–H and O–H groups in total. The zero-order valence-electron chi connectivity index (χ0n) is 10.8. The van der Waals surface area contributed by atoms with Gasteiger partial charge in [-0.3, -0.25) is 0 Å². The Balaban J connectivity index is 1.81. The molecule has 1 aromatic carbocycles. The van der Waals surface area contributed by atoms with Gasteiger partial charge in [0.25, 0.3) is 0 Å². The molecular weight excluding hydrogens is 276 g/mol. The molecule has 6 heteroatoms. The fourth-order valence-corrected chi connectivity index (χ4v) is 3.01. The maximum absolute atomic E-state index is 5.58. The van der Waals surface area contributed by atoms with Crippen LogP contribution in [-0.4, -0.2) is 30.3 Å². The van der Waals surface area contributed by atoms with Gasteiger partial charge in [-0.2, -0.15) is 0 Å². The quantitative estimate of drug-likeness (QED) is 0.787. The molecule has 0 bridgehead atoms. The molecule has 1 aliphatic heterocycles. The van der Waals surface area contributed by atoms with Crippen molar-refractivity contribution < 1.29 is 14.2 Å². The summed E-state index contributed by atoms with van der Waals surface area (Å²) in [5, 5.41) is 1.96. The summed E-state index contributed by atoms with van der Waals surface area (Å²) in [6.45, 7) is 1.17. The van der Waals surface area contributed by atoms with Gasteiger partial charge in [-0.05, 0) is 0 Å². The van der Waals surface area contributed by atoms with Crippen molar-refractivity contribution in [3.05, 3.63) is 23.6 Å². The van der Waals surface area contributed by atoms with Crippen LogP contribution < -0.4 is 14.2 Å². The monoisotopic (exact) mass is 288 g/mol. The number of aromatic amines is 1. The van der Waals surface area contributed by atoms with Crippen LogP contribution >= 0.6 is 11.3 Å². The van der Waals surface area contributed by atoms with E-state index in [-0.39, 0.29) is 0 Å². The molecular formula is C14H12N2O3S. The topological polar surface area (TPSA) is 56.4 Å². The third kappa shape index (κ3) is 1.80. The highest BCUT2D eigenvalue weighted by Crippen LogP contribution is 2.36. The molecule has 0 unspecified atom stereocenters. The summed E-state index contributed by atoms with van der Waals surface area (Å²) in [4.78, 5) is 8.95. The largest absolute Gasteiger partial charge is 0.496 e. The average molecular weight is 288 g/mol. The Labute approximate surface area is 119 Å². The van der Waals surface area contributed by atoms with Crippen LogP contribution in [0.3, 0.4) is 0 Å². The number of thiophene rings is 1. The molecule has 0 radical (unpaired) electrons. The van der Waals surface area contributed by atoms with Gasteiger partial charge in [0.2, 0.25) is 0 Å². The summed E-state index contributed by atoms with van der Waals surface area (Å²) in [6, 6.07) is 5.81. The number of imidazole rings is 1. The van der Waals surface area contributed by atoms with E-state index in [0.29, 0.717) is 13.2 Å². The molecule has 3 heterocycles. The summed E-state index contributed by atoms with van der Waals surface area (Å²) < 4.78 is 16.4. The van der Waals surface area contributed by atoms with Gasteiger partial charge in [-0.15, -0.1) is 11.3 Å². The van der Waals surface area contributed by atoms with E-state index < -0.39 is 0 Å². The Hall–Kier alpha value is -2.21. The van der Waals surface area contributed by atoms with Crippen LogP contribution in [0, 0.1) is 0 Å². The molecule has 0 amide bonds. The van der Waals surface area contributed by atoms with Crippen molar-refractivity contribution in [3.8, 4) is 28.0 Å². The maximum Gasteiger partial charge on any atom is 0.163 e. The lowest BCUT2D eigenvalue weighted by molar-refractivity contribution is 0.172. The van der Waals surface area contributed by atoms with Crippen LogP contribution in [-0.2, 0) is 0 Å². The fraction of sp³-hybridized carbons (Fsp3) is 0.214. The van der Waals surface area contributed by atoms with Crippen LogP contribution in [0.25, 0.3) is 21.7 Å². The summed E-state index contributed by atoms with van der Waals surface area (Å²) in [6.07, 6.45) is 0. The number of aromatic nitrogens is 2. The van der Waals surface area contributed by atoms with Crippen molar-refractivity contribution in [1.82, 2.24) is 9.97 Å². The fourth-order valence-electron chi connectivity index (χ4n) is 2.21. The molecule has 2 aromatic heterocycles. The molecule has 20 heavy (non-hydrogen) atoms. The summed E-state index contributed by atoms with van der Waals surface area (Å²) in [5.74, 6) is 3.19. The van der Waals surface area contributed by atoms with Crippen molar-refractivity contribution in [2.75, 3.05) is 20.3 Å². The van der Waals surface area contributed by atoms with E-state index in [1.165, 1.54) is 0 Å². The molecule has 0 spiro atoms. The zero-order chi connectivity index (χ0) is 13.5. The normalized spacial score (nSPS) is 13.7. The van der Waals surface area contributed by atoms with Crippen molar-refractivity contribution in [2.45, 2.75) is 0 Å². The first kappa shape index (κ1) is 11.6. The lowest BCUT2D eigenvalue weighted by Gasteiger charge is -2.17. The Kier molecular flexibility index (Phi) is 2.56. The Morgan fingerprint density at radius 1 is 1.20 bits per heavy atom. The highest BCUT2D eigenvalue weighted by Gasteiger charge is 2.16. The zero-order valence-corrected chi connectivity index (χ0v) is 11.6. The number of hydrogen-bond donors (Lipinski definition) is 1. The minimum absolute atomic E-state index is 0.581. The van der Waals surface area contributed by atoms with Gasteiger partial charge in [0.05, 0.1) is 23.0 Å². The van der Waals surface area contributed by atoms with Gasteiger partial charge in [-0.1, -0.05) is 0 Å². The molecule has 4 rings (SSSR count). The van der Waals surface area contributed by atoms with E-state index in [9.17, 15) is 0 Å². The number of nitrogens with zero attached hydrogens (tertiary/aromatic N) is 1. The van der Waals surface area contributed by atoms with Crippen LogP contribution in [0.15, 0.2) is 23.6 Å². The molecule has 0 atom stereocenters. The number of hydrogen-bond acceptors (Lipinski definition) is 5. The van der Waals surface area contributed by atoms with Gasteiger partial charge in [-0.25, -0.2) is 4.98 Å². The summed E-state index contributed by atoms with van der Waals surface area (Å²) in [7, 11) is 1.66. The lowest BCUT2D eigenvalue weighted by atomic mass is 10.2. The molecule has 102 valence electrons. The molecule has 5 nitrogen and oxygen atoms in total. The Bertz CT molecular complexity index is 735. The second-order valence-electron chi connectivity index (χ2n) is 4.45. The van der Waals surface area contributed by atoms with E-state index in [1.54, 1.807) is 18.4 Å². The van der Waals surface area contributed by atoms with Gasteiger partial charge in [0, 0.05) is 23.6 Å². The number of methoxy groups -OCH3 is 1. The van der Waals surface area contributed by atoms with E-state index in [4.69, 9.17) is 14.2 Å². The highest BCUT2D eigenvalue weighted by atomic mass is 32.1. The van der Waals surface area contributed by atoms with Crippen LogP contribution in [0.4, 0.5) is 0 Å². The second kappa shape index (κ2) is 4.42. The first-order chi connectivity index (χ1) is 9.83. The minimum Gasteiger partial charge on any atom is -0.496 e. The summed E-state index contributed by atoms with van der Waals surface area (Å²) >= 11 is 1.59. The number of nitrogens with one attached hydrogen (secondary N) is 1. The van der Waals surface area contributed by atoms with Crippen molar-refractivity contribution in [2.24, 2.45) is 0 Å². The van der Waals surface area contributed by atoms with Crippen LogP contribution in [0.1, 0.15) is 0 Å². The SMILES string of the molecule is COc1csc(-c2nc3cc4c(cc3[nH]2)OCCO4)c1. The third-order valence-electron chi connectivity index (χ3n) is 3.19. The molecule has 0 fully saturated rings. The molecule has 1 aliphatic rings. The van der Waals surface area contributed by atoms with Gasteiger partial charge >= 0.3 is 0 Å². The molecule has 3 aromatic rings. The third-order valence-corrected chi connectivity index (χ3v) is 4.11. The van der Waals surface area contributed by atoms with E-state index in [1.807, 2.05) is 23.6 Å². The maximum atomic E-state index is 5.58. The Morgan fingerprint density at radius 2 is 2.00 bits per heavy atom. The highest BCUT2D eigenvalue weighted by molar-refractivity contribution is 7.13. The van der Waals surface area contributed by atoms with Gasteiger partial charge in [0.1, 0.15) is 24.8 Å². The van der Waals surface area contributed by atoms with Crippen LogP contribution in [0.5, 0.6) is 17.2 Å². The van der Waals surface area contributed by atoms with E-state index >= 15 is 0 Å². The predicted molar refractivity (Wildman–Crippen MR) is 76.9 cm³/mol. The van der Waals surface area contributed by atoms with Gasteiger partial charge in [0.15, 0.2) is 11.5 Å². The predicted octanol–water partition coefficient (Wildman–Crippen LogP) is 3.07. The number of H-pyrrole nitrogens is 1. The van der Waals surface area contributed by atoms with E-state index in [2.05, 4.69) is 9.97 Å². The summed E-state index contributed by atoms with van der Waals surface area (Å²) in [5.41, 5.74) is 1.81. The first-order valence-electron chi connectivity index (χ1n) is 6.26. The number of benzene rings is 1. The second-order valence-corrected chi connectivity index (χ2v) is 5.36. The molecule has 0 aliphatic carbocycles. The van der Waals surface area contributed by atoms with Crippen molar-refractivity contribution in [3.63, 3.8) is 0 Å². The number of fused-ring (bicyclic) bond motifs is 2. The number of rotatable bonds is 2. The van der Waals surface area contributed by atoms with Crippen molar-refractivity contribution in [1.29, 1.82) is 0 Å². The lowest BCUT2D eigenvalue weighted by Crippen LogP contribution is -2.15. The van der Waals surface area contributed by atoms with E-state index in [0.717, 1.165) is 39.0 Å². The van der Waals surface area contributed by atoms with Gasteiger partial charge < -0.3 is 19.2 Å². The minimum atomic E-state index is 0.581. The molecule has 0 saturated carbocycles. The van der Waals surface area contributed by atoms with Crippen molar-refractivity contribution >= 4 is 22.4 Å². The standard InChI is InChI=1S/C14H12N2O3S/c1-17-8-4-13(20-7-8)14-15-9-5-11-12(6-10(9)16-14)19-3-2-18-11/h4-7H,2-3H2,1H3,(H,15,16).